The van der Waals surface area contributed by atoms with Crippen LogP contribution in [-0.2, 0) is 5.41 Å². The molecule has 4 aromatic rings. The molecule has 29 heavy (non-hydrogen) atoms. The molecule has 0 amide bonds. The van der Waals surface area contributed by atoms with Crippen molar-refractivity contribution in [2.24, 2.45) is 0 Å². The van der Waals surface area contributed by atoms with E-state index in [9.17, 15) is 5.26 Å². The van der Waals surface area contributed by atoms with Crippen LogP contribution < -0.4 is 5.32 Å². The zero-order valence-electron chi connectivity index (χ0n) is 15.8. The maximum Gasteiger partial charge on any atom is 0.140 e. The number of nitrogens with one attached hydrogen (secondary N) is 1. The fourth-order valence-electron chi connectivity index (χ4n) is 4.14. The summed E-state index contributed by atoms with van der Waals surface area (Å²) in [6.45, 7) is 0. The van der Waals surface area contributed by atoms with Gasteiger partial charge in [-0.05, 0) is 40.6 Å². The highest BCUT2D eigenvalue weighted by Gasteiger charge is 2.48. The number of rotatable bonds is 1. The predicted molar refractivity (Wildman–Crippen MR) is 118 cm³/mol. The molecule has 1 aliphatic rings. The molecule has 0 saturated carbocycles. The van der Waals surface area contributed by atoms with Gasteiger partial charge in [-0.3, -0.25) is 0 Å². The van der Waals surface area contributed by atoms with E-state index in [2.05, 4.69) is 53.6 Å². The Balaban J connectivity index is 1.71. The highest BCUT2D eigenvalue weighted by atomic mass is 15.0. The fourth-order valence-corrected chi connectivity index (χ4v) is 4.14. The molecule has 2 atom stereocenters. The van der Waals surface area contributed by atoms with Crippen molar-refractivity contribution < 1.29 is 0 Å². The van der Waals surface area contributed by atoms with E-state index in [0.717, 1.165) is 33.2 Å². The van der Waals surface area contributed by atoms with E-state index in [-0.39, 0.29) is 6.04 Å². The van der Waals surface area contributed by atoms with E-state index in [1.807, 2.05) is 66.7 Å². The van der Waals surface area contributed by atoms with Gasteiger partial charge in [-0.1, -0.05) is 84.6 Å². The molecule has 0 bridgehead atoms. The first-order chi connectivity index (χ1) is 14.3. The summed E-state index contributed by atoms with van der Waals surface area (Å²) in [6.07, 6.45) is 0. The first kappa shape index (κ1) is 17.1. The third kappa shape index (κ3) is 2.75. The normalized spacial score (nSPS) is 19.5. The van der Waals surface area contributed by atoms with Crippen LogP contribution in [0.4, 0.5) is 5.69 Å². The summed E-state index contributed by atoms with van der Waals surface area (Å²) in [5.74, 6) is 6.60. The Hall–Kier alpha value is -4.01. The summed E-state index contributed by atoms with van der Waals surface area (Å²) in [5, 5.41) is 16.3. The molecular weight excluding hydrogens is 352 g/mol. The summed E-state index contributed by atoms with van der Waals surface area (Å²) >= 11 is 0. The molecule has 0 unspecified atom stereocenters. The van der Waals surface area contributed by atoms with Gasteiger partial charge >= 0.3 is 0 Å². The maximum absolute atomic E-state index is 10.5. The number of anilines is 1. The molecule has 1 aliphatic heterocycles. The van der Waals surface area contributed by atoms with Crippen LogP contribution in [0.25, 0.3) is 10.8 Å². The van der Waals surface area contributed by atoms with Crippen LogP contribution in [0.5, 0.6) is 0 Å². The molecule has 0 radical (unpaired) electrons. The number of para-hydroxylation sites is 1. The highest BCUT2D eigenvalue weighted by Crippen LogP contribution is 2.46. The smallest absolute Gasteiger partial charge is 0.140 e. The fraction of sp³-hybridized carbons (Fsp3) is 0.0741. The number of hydrogen-bond acceptors (Lipinski definition) is 2. The van der Waals surface area contributed by atoms with E-state index < -0.39 is 5.41 Å². The second-order valence-electron chi connectivity index (χ2n) is 7.24. The number of benzene rings is 4. The molecule has 4 aromatic carbocycles. The standard InChI is InChI=1S/C27H18N2/c28-19-27(23-16-15-21-10-4-5-11-22(21)18-23)24-12-6-7-13-25(24)29-26(27)17-14-20-8-2-1-3-9-20/h1-13,15-16,18,26,29H/t26-,27+/m1/s1. The van der Waals surface area contributed by atoms with Crippen LogP contribution in [0.2, 0.25) is 0 Å². The average molecular weight is 370 g/mol. The second kappa shape index (κ2) is 6.86. The average Bonchev–Trinajstić information content (AvgIpc) is 3.12. The SMILES string of the molecule is N#C[C@]1(c2ccc3ccccc3c2)c2ccccc2N[C@@H]1C#Cc1ccccc1. The van der Waals surface area contributed by atoms with Gasteiger partial charge in [0, 0.05) is 16.8 Å². The van der Waals surface area contributed by atoms with Gasteiger partial charge in [0.1, 0.15) is 11.5 Å². The van der Waals surface area contributed by atoms with Gasteiger partial charge in [0.15, 0.2) is 0 Å². The van der Waals surface area contributed by atoms with E-state index in [4.69, 9.17) is 0 Å². The molecule has 0 saturated heterocycles. The predicted octanol–water partition coefficient (Wildman–Crippen LogP) is 5.50. The highest BCUT2D eigenvalue weighted by molar-refractivity contribution is 5.84. The summed E-state index contributed by atoms with van der Waals surface area (Å²) in [7, 11) is 0. The van der Waals surface area contributed by atoms with Crippen LogP contribution in [-0.4, -0.2) is 6.04 Å². The Kier molecular flexibility index (Phi) is 4.05. The number of nitrogens with zero attached hydrogens (tertiary/aromatic N) is 1. The van der Waals surface area contributed by atoms with E-state index in [1.54, 1.807) is 0 Å². The van der Waals surface area contributed by atoms with Crippen molar-refractivity contribution in [3.05, 3.63) is 114 Å². The van der Waals surface area contributed by atoms with Crippen molar-refractivity contribution in [1.29, 1.82) is 5.26 Å². The molecule has 0 aliphatic carbocycles. The molecule has 0 fully saturated rings. The summed E-state index contributed by atoms with van der Waals surface area (Å²) in [6, 6.07) is 34.7. The molecular formula is C27H18N2. The van der Waals surface area contributed by atoms with Crippen molar-refractivity contribution in [2.45, 2.75) is 11.5 Å². The monoisotopic (exact) mass is 370 g/mol. The Bertz CT molecular complexity index is 1300. The molecule has 2 heteroatoms. The van der Waals surface area contributed by atoms with Crippen LogP contribution in [0.3, 0.4) is 0 Å². The summed E-state index contributed by atoms with van der Waals surface area (Å²) in [5.41, 5.74) is 2.97. The maximum atomic E-state index is 10.5. The minimum atomic E-state index is -0.873. The van der Waals surface area contributed by atoms with Gasteiger partial charge < -0.3 is 5.32 Å². The van der Waals surface area contributed by atoms with Crippen LogP contribution in [0.15, 0.2) is 97.1 Å². The second-order valence-corrected chi connectivity index (χ2v) is 7.24. The molecule has 0 spiro atoms. The third-order valence-corrected chi connectivity index (χ3v) is 5.60. The Morgan fingerprint density at radius 1 is 0.759 bits per heavy atom. The van der Waals surface area contributed by atoms with Gasteiger partial charge in [-0.15, -0.1) is 0 Å². The van der Waals surface area contributed by atoms with Crippen molar-refractivity contribution >= 4 is 16.5 Å². The zero-order chi connectivity index (χ0) is 19.7. The van der Waals surface area contributed by atoms with Gasteiger partial charge in [0.2, 0.25) is 0 Å². The Morgan fingerprint density at radius 2 is 1.48 bits per heavy atom. The minimum absolute atomic E-state index is 0.341. The van der Waals surface area contributed by atoms with Gasteiger partial charge in [0.25, 0.3) is 0 Å². The van der Waals surface area contributed by atoms with Crippen LogP contribution in [0, 0.1) is 23.2 Å². The van der Waals surface area contributed by atoms with Crippen molar-refractivity contribution in [3.63, 3.8) is 0 Å². The van der Waals surface area contributed by atoms with Crippen molar-refractivity contribution in [1.82, 2.24) is 0 Å². The molecule has 1 N–H and O–H groups in total. The first-order valence-corrected chi connectivity index (χ1v) is 9.64. The van der Waals surface area contributed by atoms with E-state index in [1.165, 1.54) is 0 Å². The minimum Gasteiger partial charge on any atom is -0.369 e. The van der Waals surface area contributed by atoms with Crippen LogP contribution in [0.1, 0.15) is 16.7 Å². The zero-order valence-corrected chi connectivity index (χ0v) is 15.8. The molecule has 2 nitrogen and oxygen atoms in total. The molecule has 5 rings (SSSR count). The lowest BCUT2D eigenvalue weighted by molar-refractivity contribution is 0.658. The van der Waals surface area contributed by atoms with Crippen molar-refractivity contribution in [3.8, 4) is 17.9 Å². The topological polar surface area (TPSA) is 35.8 Å². The lowest BCUT2D eigenvalue weighted by Gasteiger charge is -2.27. The first-order valence-electron chi connectivity index (χ1n) is 9.64. The van der Waals surface area contributed by atoms with Gasteiger partial charge in [-0.25, -0.2) is 0 Å². The largest absolute Gasteiger partial charge is 0.369 e. The molecule has 136 valence electrons. The Labute approximate surface area is 170 Å². The lowest BCUT2D eigenvalue weighted by atomic mass is 9.72. The lowest BCUT2D eigenvalue weighted by Crippen LogP contribution is -2.37. The van der Waals surface area contributed by atoms with E-state index >= 15 is 0 Å². The number of nitriles is 1. The van der Waals surface area contributed by atoms with Gasteiger partial charge in [-0.2, -0.15) is 5.26 Å². The third-order valence-electron chi connectivity index (χ3n) is 5.60. The quantitative estimate of drug-likeness (QED) is 0.449. The van der Waals surface area contributed by atoms with E-state index in [0.29, 0.717) is 0 Å². The van der Waals surface area contributed by atoms with Gasteiger partial charge in [0.05, 0.1) is 6.07 Å². The summed E-state index contributed by atoms with van der Waals surface area (Å²) < 4.78 is 0. The molecule has 0 aromatic heterocycles. The Morgan fingerprint density at radius 3 is 2.31 bits per heavy atom. The van der Waals surface area contributed by atoms with Crippen LogP contribution >= 0.6 is 0 Å². The molecule has 1 heterocycles. The number of hydrogen-bond donors (Lipinski definition) is 1. The summed E-state index contributed by atoms with van der Waals surface area (Å²) in [4.78, 5) is 0. The number of fused-ring (bicyclic) bond motifs is 2. The van der Waals surface area contributed by atoms with Crippen molar-refractivity contribution in [2.75, 3.05) is 5.32 Å².